The zero-order valence-corrected chi connectivity index (χ0v) is 10.6. The van der Waals surface area contributed by atoms with E-state index in [1.807, 2.05) is 0 Å². The van der Waals surface area contributed by atoms with E-state index in [1.54, 1.807) is 31.3 Å². The fourth-order valence-electron chi connectivity index (χ4n) is 1.05. The van der Waals surface area contributed by atoms with Gasteiger partial charge in [-0.1, -0.05) is 6.07 Å². The molecule has 0 saturated heterocycles. The molecule has 1 unspecified atom stereocenters. The maximum Gasteiger partial charge on any atom is 0.397 e. The summed E-state index contributed by atoms with van der Waals surface area (Å²) in [5.74, 6) is -0.333. The Morgan fingerprint density at radius 3 is 2.50 bits per heavy atom. The van der Waals surface area contributed by atoms with Crippen LogP contribution in [0.4, 0.5) is 0 Å². The van der Waals surface area contributed by atoms with Gasteiger partial charge in [0.25, 0.3) is 0 Å². The molecule has 0 saturated carbocycles. The van der Waals surface area contributed by atoms with Gasteiger partial charge < -0.3 is 11.5 Å². The van der Waals surface area contributed by atoms with Crippen molar-refractivity contribution in [1.82, 2.24) is 4.98 Å². The second-order valence-corrected chi connectivity index (χ2v) is 4.36. The fraction of sp³-hybridized carbons (Fsp3) is 0.333. The van der Waals surface area contributed by atoms with Crippen molar-refractivity contribution in [2.75, 3.05) is 0 Å². The summed E-state index contributed by atoms with van der Waals surface area (Å²) in [5.41, 5.74) is 9.66. The molecule has 1 heterocycles. The van der Waals surface area contributed by atoms with Crippen molar-refractivity contribution in [3.05, 3.63) is 30.1 Å². The Morgan fingerprint density at radius 2 is 2.11 bits per heavy atom. The molecule has 1 rings (SSSR count). The van der Waals surface area contributed by atoms with Crippen molar-refractivity contribution in [3.63, 3.8) is 0 Å². The van der Waals surface area contributed by atoms with Gasteiger partial charge in [-0.25, -0.2) is 4.18 Å². The van der Waals surface area contributed by atoms with E-state index < -0.39 is 16.5 Å². The van der Waals surface area contributed by atoms with Crippen LogP contribution < -0.4 is 11.5 Å². The number of hydrogen-bond acceptors (Lipinski definition) is 5. The van der Waals surface area contributed by atoms with E-state index in [0.717, 1.165) is 0 Å². The highest BCUT2D eigenvalue weighted by Crippen LogP contribution is 2.04. The summed E-state index contributed by atoms with van der Waals surface area (Å²) in [6.45, 7) is 1.54. The van der Waals surface area contributed by atoms with Gasteiger partial charge in [0.05, 0.1) is 6.10 Å². The SMILES string of the molecule is CC(Cc1ccccn1)OS(=O)(=O)O.N=C(N)N. The Balaban J connectivity index is 0.000000631. The van der Waals surface area contributed by atoms with Gasteiger partial charge >= 0.3 is 10.4 Å². The maximum absolute atomic E-state index is 10.3. The van der Waals surface area contributed by atoms with E-state index in [2.05, 4.69) is 20.6 Å². The number of guanidine groups is 1. The quantitative estimate of drug-likeness (QED) is 0.333. The number of hydrogen-bond donors (Lipinski definition) is 4. The summed E-state index contributed by atoms with van der Waals surface area (Å²) in [6, 6.07) is 5.31. The average Bonchev–Trinajstić information content (AvgIpc) is 2.14. The summed E-state index contributed by atoms with van der Waals surface area (Å²) < 4.78 is 33.4. The smallest absolute Gasteiger partial charge is 0.370 e. The van der Waals surface area contributed by atoms with Gasteiger partial charge in [-0.2, -0.15) is 8.42 Å². The number of rotatable bonds is 4. The van der Waals surface area contributed by atoms with Gasteiger partial charge in [0, 0.05) is 18.3 Å². The Kier molecular flexibility index (Phi) is 6.86. The number of nitrogens with one attached hydrogen (secondary N) is 1. The summed E-state index contributed by atoms with van der Waals surface area (Å²) in [5, 5.41) is 6.06. The van der Waals surface area contributed by atoms with Crippen LogP contribution in [0.3, 0.4) is 0 Å². The molecule has 0 fully saturated rings. The number of aromatic nitrogens is 1. The molecule has 102 valence electrons. The van der Waals surface area contributed by atoms with Crippen LogP contribution in [-0.4, -0.2) is 30.0 Å². The molecule has 9 heteroatoms. The van der Waals surface area contributed by atoms with Crippen molar-refractivity contribution >= 4 is 16.4 Å². The van der Waals surface area contributed by atoms with Crippen molar-refractivity contribution in [2.24, 2.45) is 11.5 Å². The molecule has 6 N–H and O–H groups in total. The molecular weight excluding hydrogens is 260 g/mol. The van der Waals surface area contributed by atoms with E-state index in [4.69, 9.17) is 9.96 Å². The van der Waals surface area contributed by atoms with Gasteiger partial charge in [-0.3, -0.25) is 14.9 Å². The van der Waals surface area contributed by atoms with Crippen molar-refractivity contribution in [2.45, 2.75) is 19.4 Å². The van der Waals surface area contributed by atoms with E-state index >= 15 is 0 Å². The molecule has 0 aromatic carbocycles. The first-order valence-electron chi connectivity index (χ1n) is 4.86. The highest BCUT2D eigenvalue weighted by Gasteiger charge is 2.12. The molecule has 0 aliphatic rings. The number of pyridine rings is 1. The molecule has 0 amide bonds. The lowest BCUT2D eigenvalue weighted by Gasteiger charge is -2.08. The van der Waals surface area contributed by atoms with Gasteiger partial charge in [0.15, 0.2) is 5.96 Å². The standard InChI is InChI=1S/C8H11NO4S.CH5N3/c1-7(13-14(10,11)12)6-8-4-2-3-5-9-8;2-1(3)4/h2-5,7H,6H2,1H3,(H,10,11,12);(H5,2,3,4). The van der Waals surface area contributed by atoms with Crippen molar-refractivity contribution < 1.29 is 17.2 Å². The third-order valence-corrected chi connectivity index (χ3v) is 2.08. The Labute approximate surface area is 105 Å². The van der Waals surface area contributed by atoms with Crippen molar-refractivity contribution in [1.29, 1.82) is 5.41 Å². The zero-order valence-electron chi connectivity index (χ0n) is 9.78. The average molecular weight is 276 g/mol. The third kappa shape index (κ3) is 10.8. The van der Waals surface area contributed by atoms with Crippen LogP contribution in [0.15, 0.2) is 24.4 Å². The lowest BCUT2D eigenvalue weighted by Crippen LogP contribution is -2.20. The molecule has 0 aliphatic carbocycles. The summed E-state index contributed by atoms with van der Waals surface area (Å²) >= 11 is 0. The highest BCUT2D eigenvalue weighted by molar-refractivity contribution is 7.80. The predicted molar refractivity (Wildman–Crippen MR) is 66.1 cm³/mol. The topological polar surface area (TPSA) is 152 Å². The van der Waals surface area contributed by atoms with Crippen LogP contribution in [0.25, 0.3) is 0 Å². The van der Waals surface area contributed by atoms with Crippen LogP contribution in [-0.2, 0) is 21.0 Å². The number of nitrogens with zero attached hydrogens (tertiary/aromatic N) is 1. The van der Waals surface area contributed by atoms with Crippen LogP contribution in [0.1, 0.15) is 12.6 Å². The third-order valence-electron chi connectivity index (χ3n) is 1.51. The van der Waals surface area contributed by atoms with Crippen LogP contribution in [0, 0.1) is 5.41 Å². The van der Waals surface area contributed by atoms with E-state index in [-0.39, 0.29) is 5.96 Å². The predicted octanol–water partition coefficient (Wildman–Crippen LogP) is -0.329. The first kappa shape index (κ1) is 16.3. The van der Waals surface area contributed by atoms with Crippen LogP contribution >= 0.6 is 0 Å². The van der Waals surface area contributed by atoms with Crippen molar-refractivity contribution in [3.8, 4) is 0 Å². The minimum Gasteiger partial charge on any atom is -0.370 e. The maximum atomic E-state index is 10.3. The molecule has 0 bridgehead atoms. The fourth-order valence-corrected chi connectivity index (χ4v) is 1.54. The zero-order chi connectivity index (χ0) is 14.2. The molecule has 0 spiro atoms. The summed E-state index contributed by atoms with van der Waals surface area (Å²) in [4.78, 5) is 3.99. The normalized spacial score (nSPS) is 12.1. The summed E-state index contributed by atoms with van der Waals surface area (Å²) in [6.07, 6.45) is 1.32. The Bertz CT molecular complexity index is 459. The Morgan fingerprint density at radius 1 is 1.56 bits per heavy atom. The molecule has 18 heavy (non-hydrogen) atoms. The van der Waals surface area contributed by atoms with Gasteiger partial charge in [0.2, 0.25) is 0 Å². The largest absolute Gasteiger partial charge is 0.397 e. The van der Waals surface area contributed by atoms with Gasteiger partial charge in [-0.15, -0.1) is 0 Å². The highest BCUT2D eigenvalue weighted by atomic mass is 32.3. The molecule has 8 nitrogen and oxygen atoms in total. The molecule has 1 atom stereocenters. The number of nitrogens with two attached hydrogens (primary N) is 2. The van der Waals surface area contributed by atoms with Gasteiger partial charge in [0.1, 0.15) is 0 Å². The van der Waals surface area contributed by atoms with Gasteiger partial charge in [-0.05, 0) is 19.1 Å². The van der Waals surface area contributed by atoms with Crippen LogP contribution in [0.5, 0.6) is 0 Å². The molecule has 0 radical (unpaired) electrons. The molecule has 0 aliphatic heterocycles. The first-order valence-corrected chi connectivity index (χ1v) is 6.22. The first-order chi connectivity index (χ1) is 8.20. The second-order valence-electron chi connectivity index (χ2n) is 3.32. The minimum absolute atomic E-state index is 0.333. The monoisotopic (exact) mass is 276 g/mol. The van der Waals surface area contributed by atoms with E-state index in [9.17, 15) is 8.42 Å². The second kappa shape index (κ2) is 7.58. The Hall–Kier alpha value is -1.71. The molecule has 1 aromatic heterocycles. The molecule has 1 aromatic rings. The minimum atomic E-state index is -4.37. The lowest BCUT2D eigenvalue weighted by molar-refractivity contribution is 0.197. The van der Waals surface area contributed by atoms with Crippen LogP contribution in [0.2, 0.25) is 0 Å². The summed E-state index contributed by atoms with van der Waals surface area (Å²) in [7, 11) is -4.37. The van der Waals surface area contributed by atoms with E-state index in [0.29, 0.717) is 12.1 Å². The molecular formula is C9H16N4O4S. The van der Waals surface area contributed by atoms with E-state index in [1.165, 1.54) is 0 Å². The lowest BCUT2D eigenvalue weighted by atomic mass is 10.2.